The summed E-state index contributed by atoms with van der Waals surface area (Å²) in [7, 11) is 0. The van der Waals surface area contributed by atoms with Crippen LogP contribution in [0.3, 0.4) is 0 Å². The highest BCUT2D eigenvalue weighted by Crippen LogP contribution is 2.23. The number of ether oxygens (including phenoxy) is 1. The van der Waals surface area contributed by atoms with Crippen LogP contribution in [-0.2, 0) is 13.0 Å². The Kier molecular flexibility index (Phi) is 6.36. The monoisotopic (exact) mass is 349 g/mol. The van der Waals surface area contributed by atoms with Crippen LogP contribution in [0.1, 0.15) is 17.5 Å². The molecule has 2 N–H and O–H groups in total. The van der Waals surface area contributed by atoms with Gasteiger partial charge < -0.3 is 14.9 Å². The van der Waals surface area contributed by atoms with Crippen LogP contribution in [0.25, 0.3) is 11.1 Å². The van der Waals surface area contributed by atoms with Crippen molar-refractivity contribution >= 4 is 0 Å². The Balaban J connectivity index is 1.51. The quantitative estimate of drug-likeness (QED) is 0.652. The molecule has 0 aliphatic carbocycles. The van der Waals surface area contributed by atoms with Gasteiger partial charge in [-0.2, -0.15) is 0 Å². The van der Waals surface area contributed by atoms with Gasteiger partial charge in [-0.1, -0.05) is 36.4 Å². The summed E-state index contributed by atoms with van der Waals surface area (Å²) in [4.78, 5) is 4.07. The summed E-state index contributed by atoms with van der Waals surface area (Å²) in [5.41, 5.74) is 4.12. The second-order valence-electron chi connectivity index (χ2n) is 6.25. The zero-order chi connectivity index (χ0) is 18.2. The maximum Gasteiger partial charge on any atom is 0.119 e. The van der Waals surface area contributed by atoms with E-state index in [1.807, 2.05) is 66.9 Å². The lowest BCUT2D eigenvalue weighted by molar-refractivity contribution is 0.100. The summed E-state index contributed by atoms with van der Waals surface area (Å²) in [6.07, 6.45) is 4.46. The smallest absolute Gasteiger partial charge is 0.119 e. The van der Waals surface area contributed by atoms with Gasteiger partial charge in [0.05, 0.1) is 12.7 Å². The molecule has 0 spiro atoms. The number of rotatable bonds is 8. The topological polar surface area (TPSA) is 62.6 Å². The van der Waals surface area contributed by atoms with Crippen LogP contribution in [0.15, 0.2) is 73.1 Å². The molecule has 1 atom stereocenters. The standard InChI is InChI=1S/C22H23NO3/c24-15-18-3-1-5-20(13-18)19-7-10-22(11-8-19)26-16-21(25)9-6-17-4-2-12-23-14-17/h1-5,7-8,10-14,21,24-25H,6,9,15-16H2/t21-/m1/s1. The van der Waals surface area contributed by atoms with Gasteiger partial charge in [0.2, 0.25) is 0 Å². The average Bonchev–Trinajstić information content (AvgIpc) is 2.72. The van der Waals surface area contributed by atoms with E-state index in [-0.39, 0.29) is 13.2 Å². The van der Waals surface area contributed by atoms with Gasteiger partial charge >= 0.3 is 0 Å². The van der Waals surface area contributed by atoms with Crippen molar-refractivity contribution in [2.24, 2.45) is 0 Å². The molecule has 0 radical (unpaired) electrons. The van der Waals surface area contributed by atoms with Gasteiger partial charge in [-0.3, -0.25) is 4.98 Å². The lowest BCUT2D eigenvalue weighted by Gasteiger charge is -2.13. The first-order valence-corrected chi connectivity index (χ1v) is 8.74. The zero-order valence-corrected chi connectivity index (χ0v) is 14.6. The SMILES string of the molecule is OCc1cccc(-c2ccc(OC[C@H](O)CCc3cccnc3)cc2)c1. The molecule has 2 aromatic carbocycles. The molecule has 0 fully saturated rings. The van der Waals surface area contributed by atoms with E-state index in [2.05, 4.69) is 4.98 Å². The van der Waals surface area contributed by atoms with Gasteiger partial charge in [-0.05, 0) is 59.4 Å². The van der Waals surface area contributed by atoms with Crippen molar-refractivity contribution in [3.8, 4) is 16.9 Å². The highest BCUT2D eigenvalue weighted by molar-refractivity contribution is 5.64. The van der Waals surface area contributed by atoms with E-state index < -0.39 is 6.10 Å². The number of aliphatic hydroxyl groups excluding tert-OH is 2. The Morgan fingerprint density at radius 3 is 2.46 bits per heavy atom. The van der Waals surface area contributed by atoms with Gasteiger partial charge in [0, 0.05) is 12.4 Å². The van der Waals surface area contributed by atoms with Crippen molar-refractivity contribution < 1.29 is 14.9 Å². The molecule has 3 aromatic rings. The fraction of sp³-hybridized carbons (Fsp3) is 0.227. The first kappa shape index (κ1) is 18.1. The molecule has 0 saturated carbocycles. The Hall–Kier alpha value is -2.69. The van der Waals surface area contributed by atoms with Crippen LogP contribution in [-0.4, -0.2) is 27.9 Å². The number of hydrogen-bond acceptors (Lipinski definition) is 4. The van der Waals surface area contributed by atoms with E-state index in [0.717, 1.165) is 34.4 Å². The van der Waals surface area contributed by atoms with Crippen molar-refractivity contribution in [1.29, 1.82) is 0 Å². The van der Waals surface area contributed by atoms with E-state index in [1.165, 1.54) is 0 Å². The lowest BCUT2D eigenvalue weighted by atomic mass is 10.0. The van der Waals surface area contributed by atoms with Crippen molar-refractivity contribution in [3.63, 3.8) is 0 Å². The van der Waals surface area contributed by atoms with Crippen LogP contribution >= 0.6 is 0 Å². The number of aryl methyl sites for hydroxylation is 1. The van der Waals surface area contributed by atoms with Gasteiger partial charge in [0.1, 0.15) is 12.4 Å². The maximum absolute atomic E-state index is 10.1. The second kappa shape index (κ2) is 9.13. The van der Waals surface area contributed by atoms with E-state index in [4.69, 9.17) is 4.74 Å². The minimum atomic E-state index is -0.517. The van der Waals surface area contributed by atoms with Crippen molar-refractivity contribution in [1.82, 2.24) is 4.98 Å². The Labute approximate surface area is 153 Å². The number of hydrogen-bond donors (Lipinski definition) is 2. The van der Waals surface area contributed by atoms with E-state index in [0.29, 0.717) is 6.42 Å². The Morgan fingerprint density at radius 2 is 1.73 bits per heavy atom. The van der Waals surface area contributed by atoms with Gasteiger partial charge in [0.15, 0.2) is 0 Å². The summed E-state index contributed by atoms with van der Waals surface area (Å²) in [6, 6.07) is 19.5. The Bertz CT molecular complexity index is 803. The zero-order valence-electron chi connectivity index (χ0n) is 14.6. The lowest BCUT2D eigenvalue weighted by Crippen LogP contribution is -2.18. The Morgan fingerprint density at radius 1 is 0.923 bits per heavy atom. The number of aromatic nitrogens is 1. The molecule has 0 saturated heterocycles. The third-order valence-corrected chi connectivity index (χ3v) is 4.23. The summed E-state index contributed by atoms with van der Waals surface area (Å²) in [5, 5.41) is 19.3. The second-order valence-corrected chi connectivity index (χ2v) is 6.25. The van der Waals surface area contributed by atoms with Crippen LogP contribution in [0.5, 0.6) is 5.75 Å². The molecule has 1 aromatic heterocycles. The van der Waals surface area contributed by atoms with Crippen molar-refractivity contribution in [2.75, 3.05) is 6.61 Å². The molecule has 0 aliphatic heterocycles. The van der Waals surface area contributed by atoms with Gasteiger partial charge in [-0.15, -0.1) is 0 Å². The third-order valence-electron chi connectivity index (χ3n) is 4.23. The largest absolute Gasteiger partial charge is 0.491 e. The van der Waals surface area contributed by atoms with Gasteiger partial charge in [0.25, 0.3) is 0 Å². The predicted molar refractivity (Wildman–Crippen MR) is 102 cm³/mol. The summed E-state index contributed by atoms with van der Waals surface area (Å²) in [6.45, 7) is 0.297. The van der Waals surface area contributed by atoms with Gasteiger partial charge in [-0.25, -0.2) is 0 Å². The predicted octanol–water partition coefficient (Wildman–Crippen LogP) is 3.61. The molecule has 3 rings (SSSR count). The van der Waals surface area contributed by atoms with Crippen molar-refractivity contribution in [3.05, 3.63) is 84.2 Å². The summed E-state index contributed by atoms with van der Waals surface area (Å²) < 4.78 is 5.69. The molecule has 4 nitrogen and oxygen atoms in total. The highest BCUT2D eigenvalue weighted by atomic mass is 16.5. The normalized spacial score (nSPS) is 11.9. The maximum atomic E-state index is 10.1. The molecular formula is C22H23NO3. The molecule has 4 heteroatoms. The number of pyridine rings is 1. The molecular weight excluding hydrogens is 326 g/mol. The number of nitrogens with zero attached hydrogens (tertiary/aromatic N) is 1. The van der Waals surface area contributed by atoms with Crippen molar-refractivity contribution in [2.45, 2.75) is 25.6 Å². The number of aliphatic hydroxyl groups is 2. The van der Waals surface area contributed by atoms with E-state index >= 15 is 0 Å². The number of benzene rings is 2. The minimum absolute atomic E-state index is 0.0337. The van der Waals surface area contributed by atoms with Crippen LogP contribution in [0, 0.1) is 0 Å². The fourth-order valence-corrected chi connectivity index (χ4v) is 2.75. The summed E-state index contributed by atoms with van der Waals surface area (Å²) >= 11 is 0. The molecule has 0 amide bonds. The summed E-state index contributed by atoms with van der Waals surface area (Å²) in [5.74, 6) is 0.729. The molecule has 134 valence electrons. The van der Waals surface area contributed by atoms with Crippen LogP contribution in [0.4, 0.5) is 0 Å². The van der Waals surface area contributed by atoms with Crippen LogP contribution < -0.4 is 4.74 Å². The molecule has 1 heterocycles. The van der Waals surface area contributed by atoms with E-state index in [9.17, 15) is 10.2 Å². The highest BCUT2D eigenvalue weighted by Gasteiger charge is 2.07. The van der Waals surface area contributed by atoms with Crippen LogP contribution in [0.2, 0.25) is 0 Å². The minimum Gasteiger partial charge on any atom is -0.491 e. The fourth-order valence-electron chi connectivity index (χ4n) is 2.75. The first-order chi connectivity index (χ1) is 12.7. The third kappa shape index (κ3) is 5.15. The molecule has 26 heavy (non-hydrogen) atoms. The van der Waals surface area contributed by atoms with E-state index in [1.54, 1.807) is 6.20 Å². The molecule has 0 unspecified atom stereocenters. The first-order valence-electron chi connectivity index (χ1n) is 8.74. The average molecular weight is 349 g/mol. The molecule has 0 bridgehead atoms. The molecule has 0 aliphatic rings.